The van der Waals surface area contributed by atoms with Crippen molar-refractivity contribution in [1.82, 2.24) is 9.80 Å². The maximum atomic E-state index is 13.6. The van der Waals surface area contributed by atoms with Gasteiger partial charge in [-0.3, -0.25) is 4.79 Å². The van der Waals surface area contributed by atoms with E-state index in [0.717, 1.165) is 5.56 Å². The third kappa shape index (κ3) is 8.52. The van der Waals surface area contributed by atoms with Crippen LogP contribution in [0.5, 0.6) is 11.5 Å². The first-order valence-corrected chi connectivity index (χ1v) is 12.2. The summed E-state index contributed by atoms with van der Waals surface area (Å²) in [4.78, 5) is 29.6. The van der Waals surface area contributed by atoms with E-state index in [1.807, 2.05) is 18.2 Å². The molecule has 9 nitrogen and oxygen atoms in total. The zero-order valence-corrected chi connectivity index (χ0v) is 21.9. The molecule has 0 bridgehead atoms. The van der Waals surface area contributed by atoms with Gasteiger partial charge in [0.1, 0.15) is 18.1 Å². The summed E-state index contributed by atoms with van der Waals surface area (Å²) in [6.07, 6.45) is 2.63. The molecule has 0 aliphatic heterocycles. The molecule has 3 rings (SSSR count). The number of carbonyl (C=O) groups excluding carboxylic acids is 2. The van der Waals surface area contributed by atoms with E-state index in [9.17, 15) is 14.0 Å². The molecule has 0 radical (unpaired) electrons. The zero-order chi connectivity index (χ0) is 27.3. The van der Waals surface area contributed by atoms with E-state index >= 15 is 0 Å². The molecule has 0 saturated carbocycles. The molecule has 3 aromatic rings. The fourth-order valence-corrected chi connectivity index (χ4v) is 3.87. The van der Waals surface area contributed by atoms with Crippen LogP contribution >= 0.6 is 0 Å². The van der Waals surface area contributed by atoms with Crippen LogP contribution in [0, 0.1) is 5.82 Å². The Bertz CT molecular complexity index is 1170. The number of halogens is 1. The maximum Gasteiger partial charge on any atom is 0.322 e. The number of carbonyl (C=O) groups is 2. The van der Waals surface area contributed by atoms with E-state index in [4.69, 9.17) is 18.6 Å². The lowest BCUT2D eigenvalue weighted by atomic mass is 10.1. The van der Waals surface area contributed by atoms with Crippen LogP contribution in [0.15, 0.2) is 65.3 Å². The minimum Gasteiger partial charge on any atom is -0.493 e. The highest BCUT2D eigenvalue weighted by molar-refractivity contribution is 5.92. The number of ether oxygens (including phenoxy) is 3. The van der Waals surface area contributed by atoms with Crippen LogP contribution in [0.2, 0.25) is 0 Å². The lowest BCUT2D eigenvalue weighted by Gasteiger charge is -2.27. The monoisotopic (exact) mass is 527 g/mol. The first-order chi connectivity index (χ1) is 18.4. The van der Waals surface area contributed by atoms with Gasteiger partial charge in [-0.05, 0) is 60.9 Å². The number of anilines is 1. The van der Waals surface area contributed by atoms with Gasteiger partial charge in [-0.1, -0.05) is 12.1 Å². The van der Waals surface area contributed by atoms with Gasteiger partial charge in [0, 0.05) is 32.5 Å². The zero-order valence-electron chi connectivity index (χ0n) is 21.9. The largest absolute Gasteiger partial charge is 0.493 e. The first-order valence-electron chi connectivity index (χ1n) is 12.2. The van der Waals surface area contributed by atoms with Gasteiger partial charge in [0.2, 0.25) is 5.91 Å². The van der Waals surface area contributed by atoms with Gasteiger partial charge in [-0.2, -0.15) is 0 Å². The fraction of sp³-hybridized carbons (Fsp3) is 0.357. The molecule has 38 heavy (non-hydrogen) atoms. The molecule has 0 saturated heterocycles. The number of hydrogen-bond donors (Lipinski definition) is 1. The topological polar surface area (TPSA) is 93.5 Å². The highest BCUT2D eigenvalue weighted by atomic mass is 19.1. The van der Waals surface area contributed by atoms with Gasteiger partial charge in [-0.25, -0.2) is 9.18 Å². The van der Waals surface area contributed by atoms with E-state index in [0.29, 0.717) is 48.9 Å². The van der Waals surface area contributed by atoms with E-state index < -0.39 is 11.8 Å². The van der Waals surface area contributed by atoms with Crippen molar-refractivity contribution >= 4 is 17.6 Å². The number of nitrogens with zero attached hydrogens (tertiary/aromatic N) is 2. The number of benzene rings is 2. The summed E-state index contributed by atoms with van der Waals surface area (Å²) >= 11 is 0. The summed E-state index contributed by atoms with van der Waals surface area (Å²) in [6.45, 7) is 1.17. The molecule has 204 valence electrons. The molecule has 0 aliphatic rings. The van der Waals surface area contributed by atoms with Crippen LogP contribution in [0.3, 0.4) is 0 Å². The summed E-state index contributed by atoms with van der Waals surface area (Å²) in [5.74, 6) is 1.13. The van der Waals surface area contributed by atoms with Gasteiger partial charge in [0.25, 0.3) is 0 Å². The highest BCUT2D eigenvalue weighted by Crippen LogP contribution is 2.27. The molecule has 0 spiro atoms. The average Bonchev–Trinajstić information content (AvgIpc) is 3.43. The molecular formula is C28H34FN3O6. The van der Waals surface area contributed by atoms with Crippen LogP contribution in [-0.4, -0.2) is 69.3 Å². The van der Waals surface area contributed by atoms with Crippen LogP contribution in [0.1, 0.15) is 17.7 Å². The van der Waals surface area contributed by atoms with Crippen molar-refractivity contribution in [3.8, 4) is 11.5 Å². The number of nitrogens with one attached hydrogen (secondary N) is 1. The minimum atomic E-state index is -0.502. The number of rotatable bonds is 14. The lowest BCUT2D eigenvalue weighted by molar-refractivity contribution is -0.132. The van der Waals surface area contributed by atoms with Crippen molar-refractivity contribution < 1.29 is 32.6 Å². The Kier molecular flexibility index (Phi) is 11.0. The van der Waals surface area contributed by atoms with Crippen LogP contribution in [0.4, 0.5) is 14.9 Å². The molecule has 3 amide bonds. The van der Waals surface area contributed by atoms with Crippen molar-refractivity contribution in [3.05, 3.63) is 78.0 Å². The Balaban J connectivity index is 1.74. The van der Waals surface area contributed by atoms with Crippen LogP contribution in [-0.2, 0) is 22.5 Å². The summed E-state index contributed by atoms with van der Waals surface area (Å²) in [7, 11) is 4.72. The highest BCUT2D eigenvalue weighted by Gasteiger charge is 2.22. The van der Waals surface area contributed by atoms with Crippen LogP contribution < -0.4 is 14.8 Å². The second-order valence-electron chi connectivity index (χ2n) is 8.54. The molecule has 0 aliphatic carbocycles. The van der Waals surface area contributed by atoms with Gasteiger partial charge in [0.05, 0.1) is 27.0 Å². The molecular weight excluding hydrogens is 493 g/mol. The second kappa shape index (κ2) is 14.6. The number of urea groups is 1. The number of hydrogen-bond acceptors (Lipinski definition) is 6. The Hall–Kier alpha value is -4.05. The molecule has 0 fully saturated rings. The van der Waals surface area contributed by atoms with Gasteiger partial charge >= 0.3 is 6.03 Å². The quantitative estimate of drug-likeness (QED) is 0.309. The third-order valence-electron chi connectivity index (χ3n) is 5.86. The predicted molar refractivity (Wildman–Crippen MR) is 141 cm³/mol. The van der Waals surface area contributed by atoms with E-state index in [2.05, 4.69) is 5.32 Å². The molecule has 1 N–H and O–H groups in total. The van der Waals surface area contributed by atoms with E-state index in [1.54, 1.807) is 50.7 Å². The average molecular weight is 528 g/mol. The van der Waals surface area contributed by atoms with Crippen LogP contribution in [0.25, 0.3) is 0 Å². The minimum absolute atomic E-state index is 0.169. The van der Waals surface area contributed by atoms with Crippen molar-refractivity contribution in [1.29, 1.82) is 0 Å². The van der Waals surface area contributed by atoms with Crippen molar-refractivity contribution in [3.63, 3.8) is 0 Å². The Morgan fingerprint density at radius 1 is 0.947 bits per heavy atom. The summed E-state index contributed by atoms with van der Waals surface area (Å²) < 4.78 is 34.9. The second-order valence-corrected chi connectivity index (χ2v) is 8.54. The Labute approximate surface area is 222 Å². The maximum absolute atomic E-state index is 13.6. The van der Waals surface area contributed by atoms with E-state index in [1.165, 1.54) is 23.1 Å². The summed E-state index contributed by atoms with van der Waals surface area (Å²) in [5, 5.41) is 2.67. The normalized spacial score (nSPS) is 10.6. The molecule has 0 atom stereocenters. The third-order valence-corrected chi connectivity index (χ3v) is 5.86. The fourth-order valence-electron chi connectivity index (χ4n) is 3.87. The molecule has 1 heterocycles. The molecule has 10 heteroatoms. The molecule has 1 aromatic heterocycles. The van der Waals surface area contributed by atoms with Gasteiger partial charge in [0.15, 0.2) is 11.5 Å². The number of methoxy groups -OCH3 is 3. The summed E-state index contributed by atoms with van der Waals surface area (Å²) in [5.41, 5.74) is 1.26. The van der Waals surface area contributed by atoms with Gasteiger partial charge < -0.3 is 33.7 Å². The van der Waals surface area contributed by atoms with Crippen molar-refractivity contribution in [2.24, 2.45) is 0 Å². The molecule has 2 aromatic carbocycles. The smallest absolute Gasteiger partial charge is 0.322 e. The van der Waals surface area contributed by atoms with E-state index in [-0.39, 0.29) is 25.5 Å². The Morgan fingerprint density at radius 2 is 1.76 bits per heavy atom. The first kappa shape index (κ1) is 28.5. The van der Waals surface area contributed by atoms with Crippen molar-refractivity contribution in [2.45, 2.75) is 19.4 Å². The number of furan rings is 1. The number of amides is 3. The van der Waals surface area contributed by atoms with Crippen molar-refractivity contribution in [2.75, 3.05) is 52.9 Å². The predicted octanol–water partition coefficient (Wildman–Crippen LogP) is 4.58. The molecule has 0 unspecified atom stereocenters. The standard InChI is InChI=1S/C28H34FN3O6/c1-35-15-6-13-32(28(34)30-23-8-4-7-22(29)18-23)20-27(33)31(19-24-9-5-16-38-24)14-12-21-10-11-25(36-2)26(17-21)37-3/h4-5,7-11,16-18H,6,12-15,19-20H2,1-3H3,(H,30,34). The Morgan fingerprint density at radius 3 is 2.45 bits per heavy atom. The SMILES string of the molecule is COCCCN(CC(=O)N(CCc1ccc(OC)c(OC)c1)Cc1ccco1)C(=O)Nc1cccc(F)c1. The lowest BCUT2D eigenvalue weighted by Crippen LogP contribution is -2.45. The summed E-state index contributed by atoms with van der Waals surface area (Å²) in [6, 6.07) is 14.3. The van der Waals surface area contributed by atoms with Gasteiger partial charge in [-0.15, -0.1) is 0 Å².